The monoisotopic (exact) mass is 367 g/mol. The van der Waals surface area contributed by atoms with Crippen LogP contribution < -0.4 is 11.2 Å². The first-order valence-electron chi connectivity index (χ1n) is 8.23. The van der Waals surface area contributed by atoms with Crippen molar-refractivity contribution in [1.82, 2.24) is 23.1 Å². The van der Waals surface area contributed by atoms with Crippen LogP contribution in [0.25, 0.3) is 28.2 Å². The molecule has 4 aromatic rings. The minimum absolute atomic E-state index is 0.0746. The number of carbonyl (C=O) groups excluding carboxylic acids is 1. The lowest BCUT2D eigenvalue weighted by Crippen LogP contribution is -2.37. The van der Waals surface area contributed by atoms with E-state index in [2.05, 4.69) is 4.98 Å². The Morgan fingerprint density at radius 3 is 2.48 bits per heavy atom. The van der Waals surface area contributed by atoms with E-state index in [1.165, 1.54) is 18.7 Å². The summed E-state index contributed by atoms with van der Waals surface area (Å²) < 4.78 is 10.4. The summed E-state index contributed by atoms with van der Waals surface area (Å²) in [5.74, 6) is -0.0633. The maximum Gasteiger partial charge on any atom is 0.332 e. The number of methoxy groups -OCH3 is 1. The molecule has 3 heterocycles. The van der Waals surface area contributed by atoms with Crippen molar-refractivity contribution in [3.63, 3.8) is 0 Å². The third-order valence-corrected chi connectivity index (χ3v) is 4.64. The lowest BCUT2D eigenvalue weighted by molar-refractivity contribution is -0.141. The molecule has 0 radical (unpaired) electrons. The Bertz CT molecular complexity index is 1310. The molecule has 0 fully saturated rings. The van der Waals surface area contributed by atoms with Gasteiger partial charge in [-0.15, -0.1) is 0 Å². The molecule has 9 nitrogen and oxygen atoms in total. The molecule has 0 aliphatic heterocycles. The highest BCUT2D eigenvalue weighted by molar-refractivity contribution is 5.79. The molecule has 1 aromatic carbocycles. The highest BCUT2D eigenvalue weighted by atomic mass is 16.5. The van der Waals surface area contributed by atoms with Gasteiger partial charge < -0.3 is 4.74 Å². The van der Waals surface area contributed by atoms with Gasteiger partial charge in [0.1, 0.15) is 6.54 Å². The SMILES string of the molecule is COC(=O)Cn1c(-c2ccccc2)cn2c3c(=O)n(C)c(=O)n(C)c3nc12. The van der Waals surface area contributed by atoms with Crippen molar-refractivity contribution in [2.75, 3.05) is 7.11 Å². The van der Waals surface area contributed by atoms with Crippen molar-refractivity contribution in [3.8, 4) is 11.3 Å². The summed E-state index contributed by atoms with van der Waals surface area (Å²) in [5.41, 5.74) is 1.20. The third kappa shape index (κ3) is 2.39. The first kappa shape index (κ1) is 16.8. The molecule has 0 N–H and O–H groups in total. The van der Waals surface area contributed by atoms with E-state index in [0.717, 1.165) is 10.1 Å². The van der Waals surface area contributed by atoms with Crippen molar-refractivity contribution < 1.29 is 9.53 Å². The zero-order chi connectivity index (χ0) is 19.3. The molecule has 0 saturated carbocycles. The average molecular weight is 367 g/mol. The average Bonchev–Trinajstić information content (AvgIpc) is 3.22. The minimum Gasteiger partial charge on any atom is -0.468 e. The van der Waals surface area contributed by atoms with Gasteiger partial charge in [0.25, 0.3) is 5.56 Å². The Labute approximate surface area is 152 Å². The van der Waals surface area contributed by atoms with Gasteiger partial charge in [0.15, 0.2) is 11.2 Å². The van der Waals surface area contributed by atoms with Crippen molar-refractivity contribution in [3.05, 3.63) is 57.4 Å². The van der Waals surface area contributed by atoms with Crippen LogP contribution in [-0.2, 0) is 30.2 Å². The summed E-state index contributed by atoms with van der Waals surface area (Å²) in [6.07, 6.45) is 1.74. The summed E-state index contributed by atoms with van der Waals surface area (Å²) in [6, 6.07) is 9.46. The largest absolute Gasteiger partial charge is 0.468 e. The van der Waals surface area contributed by atoms with Crippen LogP contribution in [0.15, 0.2) is 46.1 Å². The van der Waals surface area contributed by atoms with Crippen LogP contribution in [0.1, 0.15) is 0 Å². The van der Waals surface area contributed by atoms with Crippen LogP contribution >= 0.6 is 0 Å². The third-order valence-electron chi connectivity index (χ3n) is 4.64. The number of hydrogen-bond acceptors (Lipinski definition) is 5. The topological polar surface area (TPSA) is 92.5 Å². The van der Waals surface area contributed by atoms with Crippen molar-refractivity contribution in [2.45, 2.75) is 6.54 Å². The molecule has 4 rings (SSSR count). The van der Waals surface area contributed by atoms with E-state index in [1.54, 1.807) is 22.2 Å². The number of hydrogen-bond donors (Lipinski definition) is 0. The van der Waals surface area contributed by atoms with Gasteiger partial charge in [-0.05, 0) is 5.56 Å². The molecular formula is C18H17N5O4. The zero-order valence-corrected chi connectivity index (χ0v) is 15.0. The zero-order valence-electron chi connectivity index (χ0n) is 15.0. The van der Waals surface area contributed by atoms with Crippen LogP contribution in [0.3, 0.4) is 0 Å². The maximum absolute atomic E-state index is 12.7. The predicted octanol–water partition coefficient (Wildman–Crippen LogP) is 0.526. The normalized spacial score (nSPS) is 11.4. The number of esters is 1. The maximum atomic E-state index is 12.7. The van der Waals surface area contributed by atoms with Gasteiger partial charge >= 0.3 is 11.7 Å². The van der Waals surface area contributed by atoms with Gasteiger partial charge in [0.2, 0.25) is 5.78 Å². The van der Waals surface area contributed by atoms with Gasteiger partial charge in [0, 0.05) is 20.3 Å². The Hall–Kier alpha value is -3.62. The molecule has 0 aliphatic carbocycles. The van der Waals surface area contributed by atoms with Crippen LogP contribution in [0, 0.1) is 0 Å². The second kappa shape index (κ2) is 5.97. The van der Waals surface area contributed by atoms with Crippen molar-refractivity contribution in [1.29, 1.82) is 0 Å². The first-order valence-corrected chi connectivity index (χ1v) is 8.23. The minimum atomic E-state index is -0.462. The van der Waals surface area contributed by atoms with E-state index in [4.69, 9.17) is 4.74 Å². The second-order valence-corrected chi connectivity index (χ2v) is 6.20. The van der Waals surface area contributed by atoms with Crippen LogP contribution in [0.5, 0.6) is 0 Å². The summed E-state index contributed by atoms with van der Waals surface area (Å²) in [7, 11) is 4.29. The fourth-order valence-electron chi connectivity index (χ4n) is 3.20. The van der Waals surface area contributed by atoms with Crippen LogP contribution in [0.2, 0.25) is 0 Å². The van der Waals surface area contributed by atoms with E-state index in [-0.39, 0.29) is 17.7 Å². The fourth-order valence-corrected chi connectivity index (χ4v) is 3.20. The number of nitrogens with zero attached hydrogens (tertiary/aromatic N) is 5. The summed E-state index contributed by atoms with van der Waals surface area (Å²) in [4.78, 5) is 41.3. The number of fused-ring (bicyclic) bond motifs is 3. The van der Waals surface area contributed by atoms with Gasteiger partial charge in [-0.3, -0.25) is 27.7 Å². The Kier molecular flexibility index (Phi) is 3.72. The number of benzene rings is 1. The van der Waals surface area contributed by atoms with Gasteiger partial charge in [-0.25, -0.2) is 4.79 Å². The number of ether oxygens (including phenoxy) is 1. The van der Waals surface area contributed by atoms with Crippen LogP contribution in [0.4, 0.5) is 0 Å². The second-order valence-electron chi connectivity index (χ2n) is 6.20. The van der Waals surface area contributed by atoms with E-state index >= 15 is 0 Å². The van der Waals surface area contributed by atoms with E-state index < -0.39 is 17.2 Å². The molecule has 0 aliphatic rings. The Balaban J connectivity index is 2.14. The first-order chi connectivity index (χ1) is 12.9. The molecule has 138 valence electrons. The highest BCUT2D eigenvalue weighted by Gasteiger charge is 2.22. The number of aryl methyl sites for hydroxylation is 1. The number of imidazole rings is 2. The quantitative estimate of drug-likeness (QED) is 0.493. The van der Waals surface area contributed by atoms with Gasteiger partial charge in [-0.2, -0.15) is 4.98 Å². The number of rotatable bonds is 3. The molecule has 0 unspecified atom stereocenters. The van der Waals surface area contributed by atoms with Crippen molar-refractivity contribution in [2.24, 2.45) is 14.1 Å². The molecule has 0 atom stereocenters. The van der Waals surface area contributed by atoms with E-state index in [0.29, 0.717) is 11.5 Å². The smallest absolute Gasteiger partial charge is 0.332 e. The lowest BCUT2D eigenvalue weighted by Gasteiger charge is -2.07. The highest BCUT2D eigenvalue weighted by Crippen LogP contribution is 2.25. The number of carbonyl (C=O) groups is 1. The molecule has 9 heteroatoms. The Morgan fingerprint density at radius 2 is 1.81 bits per heavy atom. The van der Waals surface area contributed by atoms with E-state index in [9.17, 15) is 14.4 Å². The molecule has 0 saturated heterocycles. The molecular weight excluding hydrogens is 350 g/mol. The molecule has 0 spiro atoms. The Morgan fingerprint density at radius 1 is 1.11 bits per heavy atom. The molecule has 3 aromatic heterocycles. The van der Waals surface area contributed by atoms with Gasteiger partial charge in [0.05, 0.1) is 12.8 Å². The summed E-state index contributed by atoms with van der Waals surface area (Å²) in [5, 5.41) is 0. The molecule has 0 bridgehead atoms. The standard InChI is InChI=1S/C18H17N5O4/c1-20-15-14(16(25)21(2)18(20)26)23-9-12(11-7-5-4-6-8-11)22(17(23)19-15)10-13(24)27-3/h4-9H,10H2,1-3H3. The van der Waals surface area contributed by atoms with Crippen LogP contribution in [-0.4, -0.2) is 36.2 Å². The molecule has 27 heavy (non-hydrogen) atoms. The van der Waals surface area contributed by atoms with E-state index in [1.807, 2.05) is 30.3 Å². The lowest BCUT2D eigenvalue weighted by atomic mass is 10.2. The summed E-state index contributed by atoms with van der Waals surface area (Å²) in [6.45, 7) is -0.0746. The fraction of sp³-hybridized carbons (Fsp3) is 0.222. The summed E-state index contributed by atoms with van der Waals surface area (Å²) >= 11 is 0. The van der Waals surface area contributed by atoms with Crippen molar-refractivity contribution >= 4 is 22.9 Å². The predicted molar refractivity (Wildman–Crippen MR) is 98.6 cm³/mol. The van der Waals surface area contributed by atoms with Gasteiger partial charge in [-0.1, -0.05) is 30.3 Å². The molecule has 0 amide bonds. The number of aromatic nitrogens is 5.